The molecule has 2 heterocycles. The van der Waals surface area contributed by atoms with E-state index >= 15 is 0 Å². The van der Waals surface area contributed by atoms with Crippen molar-refractivity contribution in [1.82, 2.24) is 14.7 Å². The number of aromatic nitrogens is 2. The van der Waals surface area contributed by atoms with E-state index in [0.29, 0.717) is 4.90 Å². The maximum atomic E-state index is 12.7. The van der Waals surface area contributed by atoms with Crippen molar-refractivity contribution in [3.8, 4) is 10.6 Å². The number of benzene rings is 1. The van der Waals surface area contributed by atoms with Crippen LogP contribution in [-0.2, 0) is 16.6 Å². The van der Waals surface area contributed by atoms with Crippen molar-refractivity contribution in [2.45, 2.75) is 39.1 Å². The van der Waals surface area contributed by atoms with Crippen LogP contribution in [0.3, 0.4) is 0 Å². The summed E-state index contributed by atoms with van der Waals surface area (Å²) in [6, 6.07) is 7.44. The third-order valence-electron chi connectivity index (χ3n) is 4.30. The minimum absolute atomic E-state index is 0.221. The zero-order valence-electron chi connectivity index (χ0n) is 15.2. The number of nitrogens with one attached hydrogen (secondary N) is 1. The van der Waals surface area contributed by atoms with Gasteiger partial charge in [-0.25, -0.2) is 18.1 Å². The molecule has 0 radical (unpaired) electrons. The molecule has 3 aromatic rings. The number of thiazole rings is 1. The zero-order valence-corrected chi connectivity index (χ0v) is 16.8. The summed E-state index contributed by atoms with van der Waals surface area (Å²) in [5.74, 6) is 0. The van der Waals surface area contributed by atoms with Crippen molar-refractivity contribution in [2.75, 3.05) is 0 Å². The van der Waals surface area contributed by atoms with Gasteiger partial charge < -0.3 is 0 Å². The third-order valence-corrected chi connectivity index (χ3v) is 7.05. The standard InChI is InChI=1S/C19H21N3O2S2/c1-12-8-14(3)18(9-13(12)2)26(23,24)21-11-17-15(4)22-19(25-17)16-6-5-7-20-10-16/h5-10,21H,11H2,1-4H3. The maximum absolute atomic E-state index is 12.7. The zero-order chi connectivity index (χ0) is 18.9. The van der Waals surface area contributed by atoms with Crippen LogP contribution in [0.4, 0.5) is 0 Å². The molecule has 2 aromatic heterocycles. The van der Waals surface area contributed by atoms with Gasteiger partial charge in [-0.05, 0) is 62.6 Å². The largest absolute Gasteiger partial charge is 0.264 e. The second-order valence-corrected chi connectivity index (χ2v) is 9.11. The Hall–Kier alpha value is -2.09. The lowest BCUT2D eigenvalue weighted by Gasteiger charge is -2.11. The highest BCUT2D eigenvalue weighted by molar-refractivity contribution is 7.89. The highest BCUT2D eigenvalue weighted by Crippen LogP contribution is 2.28. The maximum Gasteiger partial charge on any atom is 0.241 e. The summed E-state index contributed by atoms with van der Waals surface area (Å²) < 4.78 is 28.2. The lowest BCUT2D eigenvalue weighted by atomic mass is 10.1. The molecule has 0 saturated heterocycles. The van der Waals surface area contributed by atoms with Gasteiger partial charge in [0.2, 0.25) is 10.0 Å². The minimum atomic E-state index is -3.58. The molecule has 0 unspecified atom stereocenters. The van der Waals surface area contributed by atoms with E-state index in [2.05, 4.69) is 14.7 Å². The Bertz CT molecular complexity index is 1040. The molecule has 0 spiro atoms. The van der Waals surface area contributed by atoms with Gasteiger partial charge in [-0.15, -0.1) is 11.3 Å². The summed E-state index contributed by atoms with van der Waals surface area (Å²) in [5.41, 5.74) is 4.55. The fraction of sp³-hybridized carbons (Fsp3) is 0.263. The fourth-order valence-corrected chi connectivity index (χ4v) is 5.05. The predicted molar refractivity (Wildman–Crippen MR) is 105 cm³/mol. The number of aryl methyl sites for hydroxylation is 4. The van der Waals surface area contributed by atoms with Crippen molar-refractivity contribution in [1.29, 1.82) is 0 Å². The predicted octanol–water partition coefficient (Wildman–Crippen LogP) is 3.92. The molecular formula is C19H21N3O2S2. The van der Waals surface area contributed by atoms with Crippen LogP contribution in [0, 0.1) is 27.7 Å². The summed E-state index contributed by atoms with van der Waals surface area (Å²) in [7, 11) is -3.58. The van der Waals surface area contributed by atoms with Crippen LogP contribution in [0.5, 0.6) is 0 Å². The lowest BCUT2D eigenvalue weighted by molar-refractivity contribution is 0.581. The molecule has 0 atom stereocenters. The number of sulfonamides is 1. The number of pyridine rings is 1. The number of hydrogen-bond acceptors (Lipinski definition) is 5. The van der Waals surface area contributed by atoms with Crippen LogP contribution in [-0.4, -0.2) is 18.4 Å². The smallest absolute Gasteiger partial charge is 0.241 e. The normalized spacial score (nSPS) is 11.7. The van der Waals surface area contributed by atoms with Gasteiger partial charge in [0.1, 0.15) is 5.01 Å². The Balaban J connectivity index is 1.83. The molecule has 1 aromatic carbocycles. The van der Waals surface area contributed by atoms with Crippen LogP contribution >= 0.6 is 11.3 Å². The quantitative estimate of drug-likeness (QED) is 0.720. The van der Waals surface area contributed by atoms with E-state index in [4.69, 9.17) is 0 Å². The Labute approximate surface area is 158 Å². The van der Waals surface area contributed by atoms with Crippen molar-refractivity contribution in [3.05, 3.63) is 63.9 Å². The first-order valence-corrected chi connectivity index (χ1v) is 10.5. The van der Waals surface area contributed by atoms with Crippen molar-refractivity contribution in [3.63, 3.8) is 0 Å². The first kappa shape index (κ1) is 18.7. The molecule has 0 fully saturated rings. The average Bonchev–Trinajstić information content (AvgIpc) is 2.98. The molecule has 26 heavy (non-hydrogen) atoms. The summed E-state index contributed by atoms with van der Waals surface area (Å²) in [6.45, 7) is 7.83. The molecule has 0 aliphatic rings. The first-order valence-electron chi connectivity index (χ1n) is 8.22. The monoisotopic (exact) mass is 387 g/mol. The number of hydrogen-bond donors (Lipinski definition) is 1. The van der Waals surface area contributed by atoms with E-state index in [-0.39, 0.29) is 6.54 Å². The van der Waals surface area contributed by atoms with Gasteiger partial charge in [0.05, 0.1) is 10.6 Å². The van der Waals surface area contributed by atoms with E-state index in [1.165, 1.54) is 11.3 Å². The summed E-state index contributed by atoms with van der Waals surface area (Å²) in [4.78, 5) is 9.87. The van der Waals surface area contributed by atoms with E-state index in [1.807, 2.05) is 45.9 Å². The fourth-order valence-electron chi connectivity index (χ4n) is 2.67. The molecular weight excluding hydrogens is 366 g/mol. The van der Waals surface area contributed by atoms with Crippen molar-refractivity contribution in [2.24, 2.45) is 0 Å². The van der Waals surface area contributed by atoms with Crippen molar-refractivity contribution >= 4 is 21.4 Å². The Morgan fingerprint density at radius 3 is 2.50 bits per heavy atom. The van der Waals surface area contributed by atoms with Crippen molar-refractivity contribution < 1.29 is 8.42 Å². The Morgan fingerprint density at radius 2 is 1.81 bits per heavy atom. The van der Waals surface area contributed by atoms with Crippen LogP contribution < -0.4 is 4.72 Å². The second-order valence-electron chi connectivity index (χ2n) is 6.30. The van der Waals surface area contributed by atoms with E-state index < -0.39 is 10.0 Å². The van der Waals surface area contributed by atoms with Crippen LogP contribution in [0.1, 0.15) is 27.3 Å². The summed E-state index contributed by atoms with van der Waals surface area (Å²) >= 11 is 1.48. The molecule has 0 saturated carbocycles. The van der Waals surface area contributed by atoms with Crippen LogP contribution in [0.15, 0.2) is 41.6 Å². The molecule has 3 rings (SSSR count). The average molecular weight is 388 g/mol. The van der Waals surface area contributed by atoms with Crippen LogP contribution in [0.2, 0.25) is 0 Å². The third kappa shape index (κ3) is 3.85. The first-order chi connectivity index (χ1) is 12.3. The Morgan fingerprint density at radius 1 is 1.08 bits per heavy atom. The highest BCUT2D eigenvalue weighted by Gasteiger charge is 2.19. The topological polar surface area (TPSA) is 72.0 Å². The lowest BCUT2D eigenvalue weighted by Crippen LogP contribution is -2.24. The highest BCUT2D eigenvalue weighted by atomic mass is 32.2. The molecule has 0 amide bonds. The molecule has 0 bridgehead atoms. The van der Waals surface area contributed by atoms with Gasteiger partial charge in [-0.2, -0.15) is 0 Å². The minimum Gasteiger partial charge on any atom is -0.264 e. The second kappa shape index (κ2) is 7.26. The molecule has 0 aliphatic heterocycles. The summed E-state index contributed by atoms with van der Waals surface area (Å²) in [6.07, 6.45) is 3.47. The van der Waals surface area contributed by atoms with Gasteiger partial charge >= 0.3 is 0 Å². The van der Waals surface area contributed by atoms with Gasteiger partial charge in [0, 0.05) is 29.4 Å². The van der Waals surface area contributed by atoms with Gasteiger partial charge in [-0.1, -0.05) is 6.07 Å². The van der Waals surface area contributed by atoms with Gasteiger partial charge in [0.15, 0.2) is 0 Å². The summed E-state index contributed by atoms with van der Waals surface area (Å²) in [5, 5.41) is 0.840. The molecule has 0 aliphatic carbocycles. The van der Waals surface area contributed by atoms with E-state index in [1.54, 1.807) is 18.5 Å². The SMILES string of the molecule is Cc1cc(C)c(S(=O)(=O)NCc2sc(-c3cccnc3)nc2C)cc1C. The van der Waals surface area contributed by atoms with E-state index in [0.717, 1.165) is 37.8 Å². The molecule has 1 N–H and O–H groups in total. The van der Waals surface area contributed by atoms with Crippen LogP contribution in [0.25, 0.3) is 10.6 Å². The number of rotatable bonds is 5. The molecule has 7 heteroatoms. The molecule has 5 nitrogen and oxygen atoms in total. The van der Waals surface area contributed by atoms with E-state index in [9.17, 15) is 8.42 Å². The Kier molecular flexibility index (Phi) is 5.22. The molecule has 136 valence electrons. The van der Waals surface area contributed by atoms with Gasteiger partial charge in [-0.3, -0.25) is 4.98 Å². The van der Waals surface area contributed by atoms with Gasteiger partial charge in [0.25, 0.3) is 0 Å². The number of nitrogens with zero attached hydrogens (tertiary/aromatic N) is 2.